The van der Waals surface area contributed by atoms with Gasteiger partial charge in [-0.3, -0.25) is 4.99 Å². The zero-order valence-corrected chi connectivity index (χ0v) is 12.9. The maximum Gasteiger partial charge on any atom is 0.411 e. The lowest BCUT2D eigenvalue weighted by molar-refractivity contribution is -0.173. The molecule has 23 heavy (non-hydrogen) atoms. The molecule has 130 valence electrons. The molecule has 0 unspecified atom stereocenters. The number of nitrogens with zero attached hydrogens (tertiary/aromatic N) is 1. The van der Waals surface area contributed by atoms with Crippen LogP contribution < -0.4 is 10.6 Å². The first kappa shape index (κ1) is 19.2. The van der Waals surface area contributed by atoms with E-state index >= 15 is 0 Å². The molecule has 4 nitrogen and oxygen atoms in total. The van der Waals surface area contributed by atoms with Gasteiger partial charge in [-0.15, -0.1) is 0 Å². The summed E-state index contributed by atoms with van der Waals surface area (Å²) in [6.45, 7) is -0.138. The van der Waals surface area contributed by atoms with Crippen molar-refractivity contribution in [2.45, 2.75) is 19.0 Å². The Bertz CT molecular complexity index is 475. The Balaban J connectivity index is 2.11. The van der Waals surface area contributed by atoms with Crippen molar-refractivity contribution < 1.29 is 22.3 Å². The topological polar surface area (TPSA) is 45.7 Å². The SMILES string of the molecule is CN=C(NCCCOCC(F)(F)F)NCCc1ccc(F)cc1. The average molecular weight is 335 g/mol. The minimum Gasteiger partial charge on any atom is -0.372 e. The Labute approximate surface area is 132 Å². The summed E-state index contributed by atoms with van der Waals surface area (Å²) < 4.78 is 52.8. The largest absolute Gasteiger partial charge is 0.411 e. The summed E-state index contributed by atoms with van der Waals surface area (Å²) in [5.41, 5.74) is 0.995. The summed E-state index contributed by atoms with van der Waals surface area (Å²) in [4.78, 5) is 4.00. The zero-order chi connectivity index (χ0) is 17.1. The molecule has 0 aliphatic carbocycles. The third kappa shape index (κ3) is 9.72. The monoisotopic (exact) mass is 335 g/mol. The molecule has 0 spiro atoms. The Kier molecular flexibility index (Phi) is 8.39. The van der Waals surface area contributed by atoms with Gasteiger partial charge in [0.05, 0.1) is 0 Å². The second-order valence-electron chi connectivity index (χ2n) is 4.82. The molecular formula is C15H21F4N3O. The van der Waals surface area contributed by atoms with Gasteiger partial charge < -0.3 is 15.4 Å². The smallest absolute Gasteiger partial charge is 0.372 e. The van der Waals surface area contributed by atoms with E-state index in [-0.39, 0.29) is 12.4 Å². The van der Waals surface area contributed by atoms with E-state index in [4.69, 9.17) is 0 Å². The van der Waals surface area contributed by atoms with Crippen molar-refractivity contribution in [1.82, 2.24) is 10.6 Å². The number of ether oxygens (including phenoxy) is 1. The van der Waals surface area contributed by atoms with Crippen molar-refractivity contribution in [2.75, 3.05) is 33.4 Å². The number of benzene rings is 1. The van der Waals surface area contributed by atoms with E-state index in [2.05, 4.69) is 20.4 Å². The van der Waals surface area contributed by atoms with Crippen LogP contribution in [0.3, 0.4) is 0 Å². The summed E-state index contributed by atoms with van der Waals surface area (Å²) in [7, 11) is 1.60. The fourth-order valence-corrected chi connectivity index (χ4v) is 1.77. The molecule has 0 radical (unpaired) electrons. The number of guanidine groups is 1. The summed E-state index contributed by atoms with van der Waals surface area (Å²) >= 11 is 0. The predicted octanol–water partition coefficient (Wildman–Crippen LogP) is 2.50. The van der Waals surface area contributed by atoms with E-state index in [1.165, 1.54) is 12.1 Å². The predicted molar refractivity (Wildman–Crippen MR) is 81.0 cm³/mol. The number of rotatable bonds is 8. The van der Waals surface area contributed by atoms with Crippen molar-refractivity contribution in [3.8, 4) is 0 Å². The van der Waals surface area contributed by atoms with Crippen LogP contribution in [0.5, 0.6) is 0 Å². The van der Waals surface area contributed by atoms with Crippen LogP contribution in [0.2, 0.25) is 0 Å². The van der Waals surface area contributed by atoms with Gasteiger partial charge >= 0.3 is 6.18 Å². The van der Waals surface area contributed by atoms with Crippen LogP contribution in [-0.2, 0) is 11.2 Å². The molecule has 0 saturated carbocycles. The lowest BCUT2D eigenvalue weighted by Gasteiger charge is -2.12. The Morgan fingerprint density at radius 3 is 2.39 bits per heavy atom. The van der Waals surface area contributed by atoms with Gasteiger partial charge in [0.1, 0.15) is 12.4 Å². The highest BCUT2D eigenvalue weighted by Crippen LogP contribution is 2.14. The lowest BCUT2D eigenvalue weighted by atomic mass is 10.1. The lowest BCUT2D eigenvalue weighted by Crippen LogP contribution is -2.39. The molecular weight excluding hydrogens is 314 g/mol. The second-order valence-corrected chi connectivity index (χ2v) is 4.82. The van der Waals surface area contributed by atoms with E-state index in [1.54, 1.807) is 19.2 Å². The normalized spacial score (nSPS) is 12.3. The first-order valence-electron chi connectivity index (χ1n) is 7.24. The molecule has 0 fully saturated rings. The summed E-state index contributed by atoms with van der Waals surface area (Å²) in [6.07, 6.45) is -3.14. The molecule has 1 aromatic rings. The van der Waals surface area contributed by atoms with Crippen molar-refractivity contribution in [3.63, 3.8) is 0 Å². The molecule has 0 bridgehead atoms. The highest BCUT2D eigenvalue weighted by atomic mass is 19.4. The highest BCUT2D eigenvalue weighted by Gasteiger charge is 2.27. The molecule has 0 aliphatic rings. The van der Waals surface area contributed by atoms with Gasteiger partial charge in [-0.05, 0) is 30.5 Å². The molecule has 1 rings (SSSR count). The molecule has 0 atom stereocenters. The van der Waals surface area contributed by atoms with Gasteiger partial charge in [0.2, 0.25) is 0 Å². The average Bonchev–Trinajstić information content (AvgIpc) is 2.49. The Morgan fingerprint density at radius 1 is 1.13 bits per heavy atom. The maximum absolute atomic E-state index is 12.8. The van der Waals surface area contributed by atoms with Gasteiger partial charge in [-0.1, -0.05) is 12.1 Å². The zero-order valence-electron chi connectivity index (χ0n) is 12.9. The quantitative estimate of drug-likeness (QED) is 0.332. The number of hydrogen-bond acceptors (Lipinski definition) is 2. The van der Waals surface area contributed by atoms with Crippen LogP contribution >= 0.6 is 0 Å². The van der Waals surface area contributed by atoms with E-state index < -0.39 is 12.8 Å². The standard InChI is InChI=1S/C15H21F4N3O/c1-20-14(21-8-2-10-23-11-15(17,18)19)22-9-7-12-3-5-13(16)6-4-12/h3-6H,2,7-11H2,1H3,(H2,20,21,22). The van der Waals surface area contributed by atoms with E-state index in [0.717, 1.165) is 5.56 Å². The van der Waals surface area contributed by atoms with Crippen molar-refractivity contribution in [2.24, 2.45) is 4.99 Å². The molecule has 1 aromatic carbocycles. The third-order valence-corrected chi connectivity index (χ3v) is 2.87. The van der Waals surface area contributed by atoms with Crippen LogP contribution in [-0.4, -0.2) is 45.5 Å². The van der Waals surface area contributed by atoms with Crippen LogP contribution in [0.15, 0.2) is 29.3 Å². The summed E-state index contributed by atoms with van der Waals surface area (Å²) in [5, 5.41) is 6.05. The molecule has 0 aromatic heterocycles. The first-order valence-corrected chi connectivity index (χ1v) is 7.24. The summed E-state index contributed by atoms with van der Waals surface area (Å²) in [6, 6.07) is 6.24. The minimum absolute atomic E-state index is 0.0269. The van der Waals surface area contributed by atoms with Crippen LogP contribution in [0, 0.1) is 5.82 Å². The number of hydrogen-bond donors (Lipinski definition) is 2. The fraction of sp³-hybridized carbons (Fsp3) is 0.533. The molecule has 0 saturated heterocycles. The van der Waals surface area contributed by atoms with Gasteiger partial charge in [0, 0.05) is 26.7 Å². The molecule has 8 heteroatoms. The van der Waals surface area contributed by atoms with Crippen molar-refractivity contribution >= 4 is 5.96 Å². The van der Waals surface area contributed by atoms with Gasteiger partial charge in [-0.25, -0.2) is 4.39 Å². The van der Waals surface area contributed by atoms with Crippen LogP contribution in [0.25, 0.3) is 0 Å². The number of nitrogens with one attached hydrogen (secondary N) is 2. The fourth-order valence-electron chi connectivity index (χ4n) is 1.77. The molecule has 0 heterocycles. The Hall–Kier alpha value is -1.83. The van der Waals surface area contributed by atoms with Gasteiger partial charge in [-0.2, -0.15) is 13.2 Å². The van der Waals surface area contributed by atoms with Crippen molar-refractivity contribution in [3.05, 3.63) is 35.6 Å². The first-order chi connectivity index (χ1) is 10.9. The maximum atomic E-state index is 12.8. The molecule has 0 amide bonds. The second kappa shape index (κ2) is 10.0. The van der Waals surface area contributed by atoms with E-state index in [9.17, 15) is 17.6 Å². The number of aliphatic imine (C=N–C) groups is 1. The third-order valence-electron chi connectivity index (χ3n) is 2.87. The van der Waals surface area contributed by atoms with Crippen LogP contribution in [0.1, 0.15) is 12.0 Å². The molecule has 2 N–H and O–H groups in total. The van der Waals surface area contributed by atoms with Gasteiger partial charge in [0.25, 0.3) is 0 Å². The number of halogens is 4. The van der Waals surface area contributed by atoms with Crippen molar-refractivity contribution in [1.29, 1.82) is 0 Å². The van der Waals surface area contributed by atoms with Gasteiger partial charge in [0.15, 0.2) is 5.96 Å². The van der Waals surface area contributed by atoms with E-state index in [0.29, 0.717) is 31.9 Å². The highest BCUT2D eigenvalue weighted by molar-refractivity contribution is 5.79. The van der Waals surface area contributed by atoms with E-state index in [1.807, 2.05) is 0 Å². The number of alkyl halides is 3. The summed E-state index contributed by atoms with van der Waals surface area (Å²) in [5.74, 6) is 0.287. The van der Waals surface area contributed by atoms with Crippen LogP contribution in [0.4, 0.5) is 17.6 Å². The molecule has 0 aliphatic heterocycles. The minimum atomic E-state index is -4.29. The Morgan fingerprint density at radius 2 is 1.78 bits per heavy atom.